The summed E-state index contributed by atoms with van der Waals surface area (Å²) in [6.07, 6.45) is 1.01. The van der Waals surface area contributed by atoms with Crippen molar-refractivity contribution >= 4 is 0 Å². The molecule has 0 radical (unpaired) electrons. The van der Waals surface area contributed by atoms with Gasteiger partial charge in [0.05, 0.1) is 14.2 Å². The second-order valence-corrected chi connectivity index (χ2v) is 4.11. The zero-order chi connectivity index (χ0) is 13.0. The molecule has 2 rings (SSSR count). The van der Waals surface area contributed by atoms with Crippen molar-refractivity contribution in [2.45, 2.75) is 13.3 Å². The normalized spacial score (nSPS) is 10.2. The zero-order valence-corrected chi connectivity index (χ0v) is 11.1. The topological polar surface area (TPSA) is 18.5 Å². The van der Waals surface area contributed by atoms with Crippen LogP contribution in [-0.2, 0) is 6.42 Å². The fourth-order valence-electron chi connectivity index (χ4n) is 2.07. The van der Waals surface area contributed by atoms with E-state index in [1.165, 1.54) is 11.1 Å². The standard InChI is InChI=1S/C16H18O2/c1-4-12-7-5-6-8-16(12)13-9-14(17-2)11-15(10-13)18-3/h5-11H,4H2,1-3H3. The van der Waals surface area contributed by atoms with E-state index in [1.807, 2.05) is 18.2 Å². The van der Waals surface area contributed by atoms with Crippen molar-refractivity contribution in [2.75, 3.05) is 14.2 Å². The van der Waals surface area contributed by atoms with E-state index < -0.39 is 0 Å². The van der Waals surface area contributed by atoms with Gasteiger partial charge in [-0.3, -0.25) is 0 Å². The third kappa shape index (κ3) is 2.48. The first kappa shape index (κ1) is 12.5. The van der Waals surface area contributed by atoms with Gasteiger partial charge in [0.25, 0.3) is 0 Å². The number of hydrogen-bond acceptors (Lipinski definition) is 2. The van der Waals surface area contributed by atoms with Gasteiger partial charge in [0.15, 0.2) is 0 Å². The number of ether oxygens (including phenoxy) is 2. The summed E-state index contributed by atoms with van der Waals surface area (Å²) in [5.74, 6) is 1.63. The van der Waals surface area contributed by atoms with Crippen molar-refractivity contribution < 1.29 is 9.47 Å². The molecule has 0 fully saturated rings. The fourth-order valence-corrected chi connectivity index (χ4v) is 2.07. The molecule has 2 aromatic rings. The van der Waals surface area contributed by atoms with Gasteiger partial charge in [-0.2, -0.15) is 0 Å². The van der Waals surface area contributed by atoms with E-state index in [0.29, 0.717) is 0 Å². The number of rotatable bonds is 4. The summed E-state index contributed by atoms with van der Waals surface area (Å²) < 4.78 is 10.6. The highest BCUT2D eigenvalue weighted by molar-refractivity contribution is 5.70. The van der Waals surface area contributed by atoms with Crippen molar-refractivity contribution in [1.29, 1.82) is 0 Å². The molecule has 0 saturated heterocycles. The van der Waals surface area contributed by atoms with Crippen LogP contribution in [0.25, 0.3) is 11.1 Å². The lowest BCUT2D eigenvalue weighted by Gasteiger charge is -2.11. The Labute approximate surface area is 108 Å². The second kappa shape index (κ2) is 5.58. The lowest BCUT2D eigenvalue weighted by molar-refractivity contribution is 0.394. The molecule has 2 nitrogen and oxygen atoms in total. The van der Waals surface area contributed by atoms with E-state index in [0.717, 1.165) is 23.5 Å². The minimum absolute atomic E-state index is 0.815. The molecular weight excluding hydrogens is 224 g/mol. The molecule has 18 heavy (non-hydrogen) atoms. The molecule has 0 aliphatic heterocycles. The maximum Gasteiger partial charge on any atom is 0.123 e. The third-order valence-corrected chi connectivity index (χ3v) is 3.06. The Bertz CT molecular complexity index is 510. The summed E-state index contributed by atoms with van der Waals surface area (Å²) >= 11 is 0. The van der Waals surface area contributed by atoms with Crippen LogP contribution in [0.3, 0.4) is 0 Å². The molecule has 0 bridgehead atoms. The maximum atomic E-state index is 5.31. The van der Waals surface area contributed by atoms with Crippen LogP contribution in [0.1, 0.15) is 12.5 Å². The van der Waals surface area contributed by atoms with Gasteiger partial charge in [0, 0.05) is 6.07 Å². The highest BCUT2D eigenvalue weighted by atomic mass is 16.5. The molecule has 0 spiro atoms. The van der Waals surface area contributed by atoms with E-state index >= 15 is 0 Å². The van der Waals surface area contributed by atoms with Gasteiger partial charge in [-0.25, -0.2) is 0 Å². The fraction of sp³-hybridized carbons (Fsp3) is 0.250. The maximum absolute atomic E-state index is 5.31. The summed E-state index contributed by atoms with van der Waals surface area (Å²) in [6.45, 7) is 2.16. The molecule has 94 valence electrons. The van der Waals surface area contributed by atoms with Crippen LogP contribution < -0.4 is 9.47 Å². The second-order valence-electron chi connectivity index (χ2n) is 4.11. The Kier molecular flexibility index (Phi) is 3.88. The number of benzene rings is 2. The molecule has 0 amide bonds. The third-order valence-electron chi connectivity index (χ3n) is 3.06. The first-order chi connectivity index (χ1) is 8.78. The van der Waals surface area contributed by atoms with Crippen LogP contribution in [0.4, 0.5) is 0 Å². The molecule has 0 heterocycles. The van der Waals surface area contributed by atoms with Crippen molar-refractivity contribution in [3.8, 4) is 22.6 Å². The minimum atomic E-state index is 0.815. The smallest absolute Gasteiger partial charge is 0.123 e. The quantitative estimate of drug-likeness (QED) is 0.808. The predicted molar refractivity (Wildman–Crippen MR) is 74.4 cm³/mol. The van der Waals surface area contributed by atoms with Crippen LogP contribution in [-0.4, -0.2) is 14.2 Å². The number of aryl methyl sites for hydroxylation is 1. The molecule has 0 aliphatic carbocycles. The Morgan fingerprint density at radius 2 is 1.50 bits per heavy atom. The highest BCUT2D eigenvalue weighted by Crippen LogP contribution is 2.31. The summed E-state index contributed by atoms with van der Waals surface area (Å²) in [7, 11) is 3.34. The largest absolute Gasteiger partial charge is 0.497 e. The van der Waals surface area contributed by atoms with Gasteiger partial charge in [-0.05, 0) is 35.2 Å². The lowest BCUT2D eigenvalue weighted by Crippen LogP contribution is -1.91. The summed E-state index contributed by atoms with van der Waals surface area (Å²) in [5, 5.41) is 0. The number of hydrogen-bond donors (Lipinski definition) is 0. The van der Waals surface area contributed by atoms with Gasteiger partial charge in [-0.15, -0.1) is 0 Å². The molecule has 0 atom stereocenters. The molecule has 0 unspecified atom stereocenters. The van der Waals surface area contributed by atoms with Gasteiger partial charge >= 0.3 is 0 Å². The van der Waals surface area contributed by atoms with Crippen LogP contribution in [0.15, 0.2) is 42.5 Å². The van der Waals surface area contributed by atoms with Crippen LogP contribution >= 0.6 is 0 Å². The summed E-state index contributed by atoms with van der Waals surface area (Å²) in [6, 6.07) is 14.4. The van der Waals surface area contributed by atoms with Gasteiger partial charge < -0.3 is 9.47 Å². The Balaban J connectivity index is 2.55. The van der Waals surface area contributed by atoms with E-state index in [1.54, 1.807) is 14.2 Å². The number of methoxy groups -OCH3 is 2. The summed E-state index contributed by atoms with van der Waals surface area (Å²) in [5.41, 5.74) is 3.69. The zero-order valence-electron chi connectivity index (χ0n) is 11.1. The molecular formula is C16H18O2. The van der Waals surface area contributed by atoms with Gasteiger partial charge in [0.1, 0.15) is 11.5 Å². The van der Waals surface area contributed by atoms with E-state index in [2.05, 4.69) is 31.2 Å². The predicted octanol–water partition coefficient (Wildman–Crippen LogP) is 3.93. The minimum Gasteiger partial charge on any atom is -0.497 e. The monoisotopic (exact) mass is 242 g/mol. The van der Waals surface area contributed by atoms with Crippen molar-refractivity contribution in [3.63, 3.8) is 0 Å². The molecule has 0 N–H and O–H groups in total. The molecule has 0 saturated carbocycles. The summed E-state index contributed by atoms with van der Waals surface area (Å²) in [4.78, 5) is 0. The molecule has 2 heteroatoms. The van der Waals surface area contributed by atoms with Gasteiger partial charge in [0.2, 0.25) is 0 Å². The van der Waals surface area contributed by atoms with Gasteiger partial charge in [-0.1, -0.05) is 31.2 Å². The van der Waals surface area contributed by atoms with Crippen molar-refractivity contribution in [1.82, 2.24) is 0 Å². The van der Waals surface area contributed by atoms with E-state index in [-0.39, 0.29) is 0 Å². The van der Waals surface area contributed by atoms with E-state index in [4.69, 9.17) is 9.47 Å². The SMILES string of the molecule is CCc1ccccc1-c1cc(OC)cc(OC)c1. The highest BCUT2D eigenvalue weighted by Gasteiger charge is 2.07. The van der Waals surface area contributed by atoms with Crippen LogP contribution in [0.2, 0.25) is 0 Å². The lowest BCUT2D eigenvalue weighted by atomic mass is 9.98. The molecule has 0 aromatic heterocycles. The van der Waals surface area contributed by atoms with Crippen molar-refractivity contribution in [3.05, 3.63) is 48.0 Å². The first-order valence-corrected chi connectivity index (χ1v) is 6.09. The molecule has 2 aromatic carbocycles. The van der Waals surface area contributed by atoms with Crippen molar-refractivity contribution in [2.24, 2.45) is 0 Å². The van der Waals surface area contributed by atoms with Crippen LogP contribution in [0.5, 0.6) is 11.5 Å². The Morgan fingerprint density at radius 1 is 0.889 bits per heavy atom. The van der Waals surface area contributed by atoms with E-state index in [9.17, 15) is 0 Å². The average Bonchev–Trinajstić information content (AvgIpc) is 2.46. The Morgan fingerprint density at radius 3 is 2.06 bits per heavy atom. The Hall–Kier alpha value is -1.96. The van der Waals surface area contributed by atoms with Crippen LogP contribution in [0, 0.1) is 0 Å². The first-order valence-electron chi connectivity index (χ1n) is 6.09. The average molecular weight is 242 g/mol. The molecule has 0 aliphatic rings.